The molecule has 0 aromatic heterocycles. The van der Waals surface area contributed by atoms with Gasteiger partial charge in [-0.2, -0.15) is 0 Å². The summed E-state index contributed by atoms with van der Waals surface area (Å²) in [6.45, 7) is 0. The molecule has 0 saturated carbocycles. The summed E-state index contributed by atoms with van der Waals surface area (Å²) >= 11 is 0. The van der Waals surface area contributed by atoms with E-state index in [0.717, 1.165) is 12.8 Å². The predicted molar refractivity (Wildman–Crippen MR) is 61.1 cm³/mol. The molecule has 96 valence electrons. The fourth-order valence-electron chi connectivity index (χ4n) is 1.39. The second-order valence-corrected chi connectivity index (χ2v) is 6.58. The van der Waals surface area contributed by atoms with Gasteiger partial charge in [-0.15, -0.1) is 0 Å². The summed E-state index contributed by atoms with van der Waals surface area (Å²) in [5.41, 5.74) is 5.38. The Bertz CT molecular complexity index is 202. The van der Waals surface area contributed by atoms with Crippen LogP contribution in [0.1, 0.15) is 19.3 Å². The van der Waals surface area contributed by atoms with Crippen LogP contribution < -0.4 is 5.73 Å². The minimum atomic E-state index is -2.50. The lowest BCUT2D eigenvalue weighted by Crippen LogP contribution is -2.42. The standard InChI is InChI=1S/C9H21NO5Si/c1-13-16(14-2,15-3)7-5-4-6-8(10)9(11)12/h8H,4-7,10H2,1-3H3,(H,11,12). The third kappa shape index (κ3) is 5.04. The van der Waals surface area contributed by atoms with Crippen LogP contribution in [0.2, 0.25) is 6.04 Å². The third-order valence-corrected chi connectivity index (χ3v) is 5.33. The van der Waals surface area contributed by atoms with Crippen LogP contribution in [0.25, 0.3) is 0 Å². The van der Waals surface area contributed by atoms with Gasteiger partial charge in [0.25, 0.3) is 0 Å². The summed E-state index contributed by atoms with van der Waals surface area (Å²) in [4.78, 5) is 10.5. The Balaban J connectivity index is 3.83. The Morgan fingerprint density at radius 1 is 1.25 bits per heavy atom. The first kappa shape index (κ1) is 15.5. The van der Waals surface area contributed by atoms with Crippen LogP contribution in [-0.2, 0) is 18.1 Å². The lowest BCUT2D eigenvalue weighted by Gasteiger charge is -2.24. The van der Waals surface area contributed by atoms with Gasteiger partial charge in [0.15, 0.2) is 0 Å². The van der Waals surface area contributed by atoms with E-state index in [1.807, 2.05) is 0 Å². The Labute approximate surface area is 97.0 Å². The molecule has 0 aliphatic rings. The first-order valence-electron chi connectivity index (χ1n) is 5.15. The second kappa shape index (κ2) is 7.74. The number of unbranched alkanes of at least 4 members (excludes halogenated alkanes) is 1. The Kier molecular flexibility index (Phi) is 7.51. The summed E-state index contributed by atoms with van der Waals surface area (Å²) < 4.78 is 15.7. The fourth-order valence-corrected chi connectivity index (χ4v) is 3.18. The lowest BCUT2D eigenvalue weighted by atomic mass is 10.1. The maximum absolute atomic E-state index is 10.5. The molecule has 0 spiro atoms. The molecule has 6 nitrogen and oxygen atoms in total. The smallest absolute Gasteiger partial charge is 0.480 e. The van der Waals surface area contributed by atoms with Crippen molar-refractivity contribution in [1.82, 2.24) is 0 Å². The zero-order valence-electron chi connectivity index (χ0n) is 10.1. The van der Waals surface area contributed by atoms with E-state index in [4.69, 9.17) is 24.1 Å². The number of carboxylic acids is 1. The first-order chi connectivity index (χ1) is 7.51. The van der Waals surface area contributed by atoms with Gasteiger partial charge in [-0.25, -0.2) is 0 Å². The topological polar surface area (TPSA) is 91.0 Å². The fraction of sp³-hybridized carbons (Fsp3) is 0.889. The zero-order chi connectivity index (χ0) is 12.6. The normalized spacial score (nSPS) is 13.8. The highest BCUT2D eigenvalue weighted by Crippen LogP contribution is 2.17. The van der Waals surface area contributed by atoms with Gasteiger partial charge < -0.3 is 24.1 Å². The van der Waals surface area contributed by atoms with Crippen LogP contribution >= 0.6 is 0 Å². The van der Waals surface area contributed by atoms with Crippen molar-refractivity contribution >= 4 is 14.8 Å². The van der Waals surface area contributed by atoms with Gasteiger partial charge in [0.2, 0.25) is 0 Å². The van der Waals surface area contributed by atoms with Gasteiger partial charge in [0.1, 0.15) is 6.04 Å². The second-order valence-electron chi connectivity index (χ2n) is 3.49. The molecule has 16 heavy (non-hydrogen) atoms. The molecule has 0 bridgehead atoms. The number of hydrogen-bond donors (Lipinski definition) is 2. The number of carbonyl (C=O) groups is 1. The van der Waals surface area contributed by atoms with E-state index in [1.54, 1.807) is 21.3 Å². The van der Waals surface area contributed by atoms with Crippen LogP contribution in [0.5, 0.6) is 0 Å². The van der Waals surface area contributed by atoms with Gasteiger partial charge in [-0.1, -0.05) is 6.42 Å². The van der Waals surface area contributed by atoms with Crippen molar-refractivity contribution in [3.63, 3.8) is 0 Å². The van der Waals surface area contributed by atoms with Crippen molar-refractivity contribution in [3.8, 4) is 0 Å². The van der Waals surface area contributed by atoms with Crippen LogP contribution in [-0.4, -0.2) is 47.3 Å². The van der Waals surface area contributed by atoms with Crippen molar-refractivity contribution in [2.45, 2.75) is 31.3 Å². The third-order valence-electron chi connectivity index (χ3n) is 2.50. The summed E-state index contributed by atoms with van der Waals surface area (Å²) in [5.74, 6) is -0.964. The van der Waals surface area contributed by atoms with Crippen molar-refractivity contribution in [2.24, 2.45) is 5.73 Å². The number of aliphatic carboxylic acids is 1. The molecule has 0 fully saturated rings. The molecular weight excluding hydrogens is 230 g/mol. The zero-order valence-corrected chi connectivity index (χ0v) is 11.1. The summed E-state index contributed by atoms with van der Waals surface area (Å²) in [5, 5.41) is 8.59. The largest absolute Gasteiger partial charge is 0.500 e. The van der Waals surface area contributed by atoms with E-state index in [2.05, 4.69) is 0 Å². The molecular formula is C9H21NO5Si. The van der Waals surface area contributed by atoms with Crippen molar-refractivity contribution < 1.29 is 23.2 Å². The highest BCUT2D eigenvalue weighted by atomic mass is 28.4. The number of nitrogens with two attached hydrogens (primary N) is 1. The molecule has 7 heteroatoms. The molecule has 1 atom stereocenters. The van der Waals surface area contributed by atoms with Gasteiger partial charge in [0, 0.05) is 27.4 Å². The van der Waals surface area contributed by atoms with Crippen LogP contribution in [0.3, 0.4) is 0 Å². The SMILES string of the molecule is CO[Si](CCCCC(N)C(=O)O)(OC)OC. The lowest BCUT2D eigenvalue weighted by molar-refractivity contribution is -0.138. The minimum absolute atomic E-state index is 0.455. The van der Waals surface area contributed by atoms with Crippen LogP contribution in [0, 0.1) is 0 Å². The van der Waals surface area contributed by atoms with E-state index in [-0.39, 0.29) is 0 Å². The average molecular weight is 251 g/mol. The van der Waals surface area contributed by atoms with Crippen LogP contribution in [0.15, 0.2) is 0 Å². The quantitative estimate of drug-likeness (QED) is 0.456. The molecule has 0 aromatic rings. The van der Waals surface area contributed by atoms with E-state index >= 15 is 0 Å². The first-order valence-corrected chi connectivity index (χ1v) is 7.08. The Morgan fingerprint density at radius 2 is 1.75 bits per heavy atom. The van der Waals surface area contributed by atoms with E-state index in [1.165, 1.54) is 0 Å². The highest BCUT2D eigenvalue weighted by molar-refractivity contribution is 6.60. The Hall–Kier alpha value is -0.473. The molecule has 1 unspecified atom stereocenters. The van der Waals surface area contributed by atoms with Gasteiger partial charge >= 0.3 is 14.8 Å². The summed E-state index contributed by atoms with van der Waals surface area (Å²) in [6, 6.07) is -0.119. The van der Waals surface area contributed by atoms with E-state index < -0.39 is 20.8 Å². The molecule has 0 rings (SSSR count). The maximum atomic E-state index is 10.5. The van der Waals surface area contributed by atoms with Crippen molar-refractivity contribution in [2.75, 3.05) is 21.3 Å². The summed E-state index contributed by atoms with van der Waals surface area (Å²) in [7, 11) is 2.17. The minimum Gasteiger partial charge on any atom is -0.480 e. The molecule has 0 saturated heterocycles. The summed E-state index contributed by atoms with van der Waals surface area (Å²) in [6.07, 6.45) is 1.96. The van der Waals surface area contributed by atoms with Crippen molar-refractivity contribution in [3.05, 3.63) is 0 Å². The number of hydrogen-bond acceptors (Lipinski definition) is 5. The van der Waals surface area contributed by atoms with Crippen molar-refractivity contribution in [1.29, 1.82) is 0 Å². The Morgan fingerprint density at radius 3 is 2.12 bits per heavy atom. The predicted octanol–water partition coefficient (Wildman–Crippen LogP) is 0.447. The number of rotatable bonds is 9. The maximum Gasteiger partial charge on any atom is 0.500 e. The highest BCUT2D eigenvalue weighted by Gasteiger charge is 2.36. The molecule has 0 aliphatic heterocycles. The van der Waals surface area contributed by atoms with Gasteiger partial charge in [-0.3, -0.25) is 4.79 Å². The van der Waals surface area contributed by atoms with Gasteiger partial charge in [-0.05, 0) is 12.8 Å². The molecule has 0 radical (unpaired) electrons. The molecule has 0 aromatic carbocycles. The molecule has 0 aliphatic carbocycles. The number of carboxylic acid groups (broad SMARTS) is 1. The average Bonchev–Trinajstić information content (AvgIpc) is 2.30. The van der Waals surface area contributed by atoms with E-state index in [0.29, 0.717) is 12.5 Å². The molecule has 3 N–H and O–H groups in total. The van der Waals surface area contributed by atoms with Crippen LogP contribution in [0.4, 0.5) is 0 Å². The van der Waals surface area contributed by atoms with E-state index in [9.17, 15) is 4.79 Å². The molecule has 0 heterocycles. The van der Waals surface area contributed by atoms with Gasteiger partial charge in [0.05, 0.1) is 0 Å². The molecule has 0 amide bonds. The monoisotopic (exact) mass is 251 g/mol.